The zero-order valence-electron chi connectivity index (χ0n) is 17.3. The molecule has 6 heteroatoms. The zero-order chi connectivity index (χ0) is 21.1. The van der Waals surface area contributed by atoms with E-state index in [9.17, 15) is 9.59 Å². The van der Waals surface area contributed by atoms with Crippen LogP contribution in [0.15, 0.2) is 72.8 Å². The first-order valence-corrected chi connectivity index (χ1v) is 10.0. The summed E-state index contributed by atoms with van der Waals surface area (Å²) in [5, 5.41) is 0. The number of Topliss-reactive ketones (excluding diaryl/α,β-unsaturated/α-hetero) is 1. The van der Waals surface area contributed by atoms with Crippen molar-refractivity contribution in [2.24, 2.45) is 5.73 Å². The van der Waals surface area contributed by atoms with Crippen LogP contribution >= 0.6 is 12.4 Å². The lowest BCUT2D eigenvalue weighted by molar-refractivity contribution is 0.0945. The molecule has 3 aromatic rings. The number of halogens is 1. The largest absolute Gasteiger partial charge is 0.487 e. The van der Waals surface area contributed by atoms with Crippen molar-refractivity contribution in [3.63, 3.8) is 0 Å². The quantitative estimate of drug-likeness (QED) is 0.642. The minimum atomic E-state index is -0.503. The average molecular weight is 437 g/mol. The summed E-state index contributed by atoms with van der Waals surface area (Å²) >= 11 is 0. The van der Waals surface area contributed by atoms with Crippen LogP contribution in [0.1, 0.15) is 38.3 Å². The molecule has 160 valence electrons. The van der Waals surface area contributed by atoms with Crippen molar-refractivity contribution >= 4 is 29.8 Å². The molecule has 31 heavy (non-hydrogen) atoms. The smallest absolute Gasteiger partial charge is 0.258 e. The number of amides is 1. The van der Waals surface area contributed by atoms with Crippen LogP contribution in [0.3, 0.4) is 0 Å². The second-order valence-corrected chi connectivity index (χ2v) is 7.45. The first kappa shape index (κ1) is 22.5. The van der Waals surface area contributed by atoms with Gasteiger partial charge in [0.25, 0.3) is 5.91 Å². The molecule has 0 saturated heterocycles. The third kappa shape index (κ3) is 4.63. The summed E-state index contributed by atoms with van der Waals surface area (Å²) in [6.07, 6.45) is 1.17. The van der Waals surface area contributed by atoms with Gasteiger partial charge in [-0.05, 0) is 48.2 Å². The predicted molar refractivity (Wildman–Crippen MR) is 124 cm³/mol. The lowest BCUT2D eigenvalue weighted by atomic mass is 9.86. The predicted octanol–water partition coefficient (Wildman–Crippen LogP) is 4.42. The first-order valence-electron chi connectivity index (χ1n) is 10.0. The summed E-state index contributed by atoms with van der Waals surface area (Å²) in [6.45, 7) is 0.369. The van der Waals surface area contributed by atoms with Crippen molar-refractivity contribution in [3.8, 4) is 5.75 Å². The Morgan fingerprint density at radius 2 is 1.68 bits per heavy atom. The number of ether oxygens (including phenoxy) is 1. The van der Waals surface area contributed by atoms with Crippen LogP contribution in [-0.4, -0.2) is 24.8 Å². The monoisotopic (exact) mass is 436 g/mol. The second-order valence-electron chi connectivity index (χ2n) is 7.45. The van der Waals surface area contributed by atoms with E-state index in [0.717, 1.165) is 11.1 Å². The highest BCUT2D eigenvalue weighted by Gasteiger charge is 2.30. The number of hydrogen-bond donors (Lipinski definition) is 1. The number of nitrogens with zero attached hydrogens (tertiary/aromatic N) is 1. The van der Waals surface area contributed by atoms with Gasteiger partial charge in [-0.3, -0.25) is 9.59 Å². The van der Waals surface area contributed by atoms with E-state index in [1.807, 2.05) is 48.5 Å². The molecule has 4 rings (SSSR count). The number of carbonyl (C=O) groups excluding carboxylic acids is 2. The van der Waals surface area contributed by atoms with Crippen molar-refractivity contribution in [1.29, 1.82) is 0 Å². The molecule has 0 bridgehead atoms. The summed E-state index contributed by atoms with van der Waals surface area (Å²) in [5.41, 5.74) is 9.61. The lowest BCUT2D eigenvalue weighted by Gasteiger charge is -2.29. The molecule has 3 aromatic carbocycles. The number of ketones is 1. The van der Waals surface area contributed by atoms with Crippen LogP contribution in [0.25, 0.3) is 0 Å². The van der Waals surface area contributed by atoms with E-state index in [2.05, 4.69) is 0 Å². The van der Waals surface area contributed by atoms with Crippen LogP contribution < -0.4 is 15.4 Å². The maximum absolute atomic E-state index is 13.2. The third-order valence-electron chi connectivity index (χ3n) is 5.45. The van der Waals surface area contributed by atoms with Gasteiger partial charge in [0.1, 0.15) is 12.4 Å². The van der Waals surface area contributed by atoms with E-state index < -0.39 is 6.04 Å². The normalized spacial score (nSPS) is 14.9. The Morgan fingerprint density at radius 1 is 1.03 bits per heavy atom. The van der Waals surface area contributed by atoms with Crippen LogP contribution in [-0.2, 0) is 13.0 Å². The fraction of sp³-hybridized carbons (Fsp3) is 0.200. The highest BCUT2D eigenvalue weighted by atomic mass is 35.5. The maximum atomic E-state index is 13.2. The van der Waals surface area contributed by atoms with Crippen LogP contribution in [0.5, 0.6) is 5.75 Å². The molecule has 0 spiro atoms. The highest BCUT2D eigenvalue weighted by Crippen LogP contribution is 2.38. The Kier molecular flexibility index (Phi) is 7.10. The Balaban J connectivity index is 0.00000272. The molecule has 0 radical (unpaired) electrons. The average Bonchev–Trinajstić information content (AvgIpc) is 2.80. The molecule has 0 aromatic heterocycles. The third-order valence-corrected chi connectivity index (χ3v) is 5.45. The SMILES string of the molecule is CN(C(=O)c1ccccc1)c1c(OCc2ccccc2)ccc2c1CCC(N)C2=O.Cl. The van der Waals surface area contributed by atoms with Crippen molar-refractivity contribution in [1.82, 2.24) is 0 Å². The molecule has 0 aliphatic heterocycles. The fourth-order valence-corrected chi connectivity index (χ4v) is 3.82. The van der Waals surface area contributed by atoms with Gasteiger partial charge < -0.3 is 15.4 Å². The number of carbonyl (C=O) groups is 2. The molecule has 0 heterocycles. The van der Waals surface area contributed by atoms with Gasteiger partial charge in [0, 0.05) is 18.2 Å². The lowest BCUT2D eigenvalue weighted by Crippen LogP contribution is -2.37. The minimum absolute atomic E-state index is 0. The molecule has 1 unspecified atom stereocenters. The highest BCUT2D eigenvalue weighted by molar-refractivity contribution is 6.09. The van der Waals surface area contributed by atoms with Gasteiger partial charge in [-0.15, -0.1) is 12.4 Å². The Morgan fingerprint density at radius 3 is 2.35 bits per heavy atom. The van der Waals surface area contributed by atoms with Crippen molar-refractivity contribution in [3.05, 3.63) is 95.1 Å². The van der Waals surface area contributed by atoms with E-state index in [-0.39, 0.29) is 24.1 Å². The molecular weight excluding hydrogens is 412 g/mol. The van der Waals surface area contributed by atoms with Crippen molar-refractivity contribution < 1.29 is 14.3 Å². The summed E-state index contributed by atoms with van der Waals surface area (Å²) in [4.78, 5) is 27.4. The van der Waals surface area contributed by atoms with E-state index in [1.165, 1.54) is 0 Å². The van der Waals surface area contributed by atoms with Gasteiger partial charge in [-0.2, -0.15) is 0 Å². The first-order chi connectivity index (χ1) is 14.6. The number of benzene rings is 3. The van der Waals surface area contributed by atoms with Gasteiger partial charge in [0.2, 0.25) is 0 Å². The number of hydrogen-bond acceptors (Lipinski definition) is 4. The van der Waals surface area contributed by atoms with E-state index >= 15 is 0 Å². The molecule has 1 amide bonds. The van der Waals surface area contributed by atoms with Gasteiger partial charge in [-0.25, -0.2) is 0 Å². The van der Waals surface area contributed by atoms with Crippen LogP contribution in [0.4, 0.5) is 5.69 Å². The summed E-state index contributed by atoms with van der Waals surface area (Å²) in [6, 6.07) is 22.0. The number of nitrogens with two attached hydrogens (primary N) is 1. The minimum Gasteiger partial charge on any atom is -0.487 e. The van der Waals surface area contributed by atoms with Crippen molar-refractivity contribution in [2.45, 2.75) is 25.5 Å². The van der Waals surface area contributed by atoms with E-state index in [1.54, 1.807) is 36.2 Å². The Bertz CT molecular complexity index is 1070. The molecule has 0 fully saturated rings. The van der Waals surface area contributed by atoms with Gasteiger partial charge in [0.05, 0.1) is 11.7 Å². The fourth-order valence-electron chi connectivity index (χ4n) is 3.82. The summed E-state index contributed by atoms with van der Waals surface area (Å²) < 4.78 is 6.12. The number of fused-ring (bicyclic) bond motifs is 1. The van der Waals surface area contributed by atoms with Gasteiger partial charge in [0.15, 0.2) is 5.78 Å². The molecule has 2 N–H and O–H groups in total. The standard InChI is InChI=1S/C25H24N2O3.ClH/c1-27(25(29)18-10-6-3-7-11-18)23-19-12-14-21(26)24(28)20(19)13-15-22(23)30-16-17-8-4-2-5-9-17;/h2-11,13,15,21H,12,14,16,26H2,1H3;1H. The molecule has 1 aliphatic rings. The van der Waals surface area contributed by atoms with Crippen LogP contribution in [0.2, 0.25) is 0 Å². The summed E-state index contributed by atoms with van der Waals surface area (Å²) in [5.74, 6) is 0.330. The Hall–Kier alpha value is -3.15. The molecule has 1 aliphatic carbocycles. The number of rotatable bonds is 5. The van der Waals surface area contributed by atoms with Crippen LogP contribution in [0, 0.1) is 0 Å². The molecule has 1 atom stereocenters. The van der Waals surface area contributed by atoms with E-state index in [4.69, 9.17) is 10.5 Å². The van der Waals surface area contributed by atoms with Gasteiger partial charge >= 0.3 is 0 Å². The van der Waals surface area contributed by atoms with Gasteiger partial charge in [-0.1, -0.05) is 48.5 Å². The topological polar surface area (TPSA) is 72.6 Å². The molecule has 5 nitrogen and oxygen atoms in total. The zero-order valence-corrected chi connectivity index (χ0v) is 18.1. The molecular formula is C25H25ClN2O3. The second kappa shape index (κ2) is 9.77. The number of anilines is 1. The van der Waals surface area contributed by atoms with E-state index in [0.29, 0.717) is 42.0 Å². The maximum Gasteiger partial charge on any atom is 0.258 e. The van der Waals surface area contributed by atoms with Crippen molar-refractivity contribution in [2.75, 3.05) is 11.9 Å². The summed E-state index contributed by atoms with van der Waals surface area (Å²) in [7, 11) is 1.72. The molecule has 0 saturated carbocycles. The Labute approximate surface area is 188 Å².